The normalized spacial score (nSPS) is 17.4. The third kappa shape index (κ3) is 4.48. The fourth-order valence-corrected chi connectivity index (χ4v) is 4.01. The van der Waals surface area contributed by atoms with E-state index in [-0.39, 0.29) is 11.9 Å². The van der Waals surface area contributed by atoms with Gasteiger partial charge >= 0.3 is 0 Å². The highest BCUT2D eigenvalue weighted by molar-refractivity contribution is 7.07. The molecule has 0 radical (unpaired) electrons. The Labute approximate surface area is 154 Å². The monoisotopic (exact) mass is 357 g/mol. The average Bonchev–Trinajstić information content (AvgIpc) is 3.11. The molecule has 2 heterocycles. The minimum absolute atomic E-state index is 0.0867. The number of thiophene rings is 1. The lowest BCUT2D eigenvalue weighted by Gasteiger charge is -2.37. The van der Waals surface area contributed by atoms with Crippen LogP contribution in [0.1, 0.15) is 23.6 Å². The number of nitrogens with zero attached hydrogens (tertiary/aromatic N) is 2. The minimum Gasteiger partial charge on any atom is -0.324 e. The molecular formula is C20H27N3OS. The van der Waals surface area contributed by atoms with E-state index in [2.05, 4.69) is 31.9 Å². The van der Waals surface area contributed by atoms with Gasteiger partial charge < -0.3 is 5.32 Å². The molecule has 1 aromatic heterocycles. The van der Waals surface area contributed by atoms with Gasteiger partial charge in [0.15, 0.2) is 0 Å². The molecular weight excluding hydrogens is 330 g/mol. The number of piperazine rings is 1. The molecule has 0 unspecified atom stereocenters. The second-order valence-corrected chi connectivity index (χ2v) is 7.66. The summed E-state index contributed by atoms with van der Waals surface area (Å²) in [7, 11) is 0. The summed E-state index contributed by atoms with van der Waals surface area (Å²) in [4.78, 5) is 17.4. The fraction of sp³-hybridized carbons (Fsp3) is 0.450. The van der Waals surface area contributed by atoms with Gasteiger partial charge in [0.1, 0.15) is 0 Å². The highest BCUT2D eigenvalue weighted by Crippen LogP contribution is 2.20. The lowest BCUT2D eigenvalue weighted by atomic mass is 10.1. The summed E-state index contributed by atoms with van der Waals surface area (Å²) in [5, 5.41) is 7.48. The summed E-state index contributed by atoms with van der Waals surface area (Å²) >= 11 is 1.75. The van der Waals surface area contributed by atoms with Crippen molar-refractivity contribution in [3.8, 4) is 0 Å². The molecule has 3 rings (SSSR count). The van der Waals surface area contributed by atoms with Gasteiger partial charge in [0.25, 0.3) is 0 Å². The van der Waals surface area contributed by atoms with Crippen molar-refractivity contribution in [3.63, 3.8) is 0 Å². The molecule has 0 saturated carbocycles. The SMILES string of the molecule is Cc1cccc(C)c1NC(=O)[C@H](C)N1CCN(Cc2ccsc2)CC1. The number of rotatable bonds is 5. The van der Waals surface area contributed by atoms with Gasteiger partial charge in [-0.2, -0.15) is 11.3 Å². The van der Waals surface area contributed by atoms with E-state index in [9.17, 15) is 4.79 Å². The van der Waals surface area contributed by atoms with Crippen LogP contribution in [-0.2, 0) is 11.3 Å². The van der Waals surface area contributed by atoms with E-state index in [1.807, 2.05) is 39.0 Å². The number of benzene rings is 1. The van der Waals surface area contributed by atoms with E-state index in [1.54, 1.807) is 11.3 Å². The molecule has 0 spiro atoms. The largest absolute Gasteiger partial charge is 0.324 e. The number of hydrogen-bond acceptors (Lipinski definition) is 4. The molecule has 1 amide bonds. The Hall–Kier alpha value is -1.69. The van der Waals surface area contributed by atoms with E-state index in [1.165, 1.54) is 5.56 Å². The number of carbonyl (C=O) groups is 1. The lowest BCUT2D eigenvalue weighted by Crippen LogP contribution is -2.52. The zero-order chi connectivity index (χ0) is 17.8. The maximum atomic E-state index is 12.7. The van der Waals surface area contributed by atoms with Crippen molar-refractivity contribution in [2.24, 2.45) is 0 Å². The number of nitrogens with one attached hydrogen (secondary N) is 1. The summed E-state index contributed by atoms with van der Waals surface area (Å²) < 4.78 is 0. The number of anilines is 1. The van der Waals surface area contributed by atoms with Crippen molar-refractivity contribution in [3.05, 3.63) is 51.7 Å². The first-order chi connectivity index (χ1) is 12.0. The fourth-order valence-electron chi connectivity index (χ4n) is 3.35. The van der Waals surface area contributed by atoms with Gasteiger partial charge in [-0.25, -0.2) is 0 Å². The minimum atomic E-state index is -0.109. The van der Waals surface area contributed by atoms with Crippen LogP contribution in [0.2, 0.25) is 0 Å². The van der Waals surface area contributed by atoms with Crippen molar-refractivity contribution >= 4 is 22.9 Å². The summed E-state index contributed by atoms with van der Waals surface area (Å²) in [5.41, 5.74) is 4.57. The molecule has 1 aliphatic rings. The molecule has 25 heavy (non-hydrogen) atoms. The molecule has 1 fully saturated rings. The molecule has 1 atom stereocenters. The zero-order valence-electron chi connectivity index (χ0n) is 15.3. The Kier molecular flexibility index (Phi) is 5.89. The Morgan fingerprint density at radius 2 is 1.84 bits per heavy atom. The molecule has 5 heteroatoms. The van der Waals surface area contributed by atoms with E-state index in [0.717, 1.165) is 49.5 Å². The van der Waals surface area contributed by atoms with Gasteiger partial charge in [0, 0.05) is 38.4 Å². The summed E-state index contributed by atoms with van der Waals surface area (Å²) in [6, 6.07) is 8.18. The standard InChI is InChI=1S/C20H27N3OS/c1-15-5-4-6-16(2)19(15)21-20(24)17(3)23-10-8-22(9-11-23)13-18-7-12-25-14-18/h4-7,12,14,17H,8-11,13H2,1-3H3,(H,21,24)/t17-/m0/s1. The number of hydrogen-bond donors (Lipinski definition) is 1. The highest BCUT2D eigenvalue weighted by atomic mass is 32.1. The van der Waals surface area contributed by atoms with Gasteiger partial charge in [-0.05, 0) is 54.3 Å². The highest BCUT2D eigenvalue weighted by Gasteiger charge is 2.26. The van der Waals surface area contributed by atoms with Crippen molar-refractivity contribution in [2.75, 3.05) is 31.5 Å². The van der Waals surface area contributed by atoms with Crippen LogP contribution in [-0.4, -0.2) is 47.9 Å². The van der Waals surface area contributed by atoms with Gasteiger partial charge in [-0.3, -0.25) is 14.6 Å². The van der Waals surface area contributed by atoms with Crippen LogP contribution in [0.25, 0.3) is 0 Å². The van der Waals surface area contributed by atoms with E-state index >= 15 is 0 Å². The molecule has 0 bridgehead atoms. The van der Waals surface area contributed by atoms with Crippen LogP contribution in [0.4, 0.5) is 5.69 Å². The van der Waals surface area contributed by atoms with E-state index < -0.39 is 0 Å². The third-order valence-electron chi connectivity index (χ3n) is 5.05. The molecule has 4 nitrogen and oxygen atoms in total. The van der Waals surface area contributed by atoms with Crippen molar-refractivity contribution < 1.29 is 4.79 Å². The lowest BCUT2D eigenvalue weighted by molar-refractivity contribution is -0.121. The Balaban J connectivity index is 1.53. The second-order valence-electron chi connectivity index (χ2n) is 6.88. The number of para-hydroxylation sites is 1. The molecule has 1 aromatic carbocycles. The Morgan fingerprint density at radius 3 is 2.44 bits per heavy atom. The first-order valence-electron chi connectivity index (χ1n) is 8.89. The van der Waals surface area contributed by atoms with Crippen LogP contribution in [0.5, 0.6) is 0 Å². The van der Waals surface area contributed by atoms with Crippen LogP contribution >= 0.6 is 11.3 Å². The average molecular weight is 358 g/mol. The van der Waals surface area contributed by atoms with Crippen molar-refractivity contribution in [1.82, 2.24) is 9.80 Å². The van der Waals surface area contributed by atoms with Gasteiger partial charge in [-0.15, -0.1) is 0 Å². The number of amides is 1. The van der Waals surface area contributed by atoms with Gasteiger partial charge in [0.05, 0.1) is 6.04 Å². The van der Waals surface area contributed by atoms with Crippen molar-refractivity contribution in [1.29, 1.82) is 0 Å². The molecule has 0 aliphatic carbocycles. The smallest absolute Gasteiger partial charge is 0.241 e. The van der Waals surface area contributed by atoms with Crippen LogP contribution in [0.15, 0.2) is 35.0 Å². The Bertz CT molecular complexity index is 685. The summed E-state index contributed by atoms with van der Waals surface area (Å²) in [6.45, 7) is 11.0. The first kappa shape index (κ1) is 18.1. The molecule has 134 valence electrons. The number of carbonyl (C=O) groups excluding carboxylic acids is 1. The molecule has 2 aromatic rings. The summed E-state index contributed by atoms with van der Waals surface area (Å²) in [6.07, 6.45) is 0. The Morgan fingerprint density at radius 1 is 1.16 bits per heavy atom. The maximum Gasteiger partial charge on any atom is 0.241 e. The van der Waals surface area contributed by atoms with Gasteiger partial charge in [-0.1, -0.05) is 18.2 Å². The van der Waals surface area contributed by atoms with E-state index in [4.69, 9.17) is 0 Å². The quantitative estimate of drug-likeness (QED) is 0.889. The third-order valence-corrected chi connectivity index (χ3v) is 5.78. The number of aryl methyl sites for hydroxylation is 2. The molecule has 1 N–H and O–H groups in total. The predicted octanol–water partition coefficient (Wildman–Crippen LogP) is 3.51. The van der Waals surface area contributed by atoms with Crippen LogP contribution < -0.4 is 5.32 Å². The predicted molar refractivity (Wildman–Crippen MR) is 105 cm³/mol. The second kappa shape index (κ2) is 8.13. The van der Waals surface area contributed by atoms with Crippen molar-refractivity contribution in [2.45, 2.75) is 33.4 Å². The zero-order valence-corrected chi connectivity index (χ0v) is 16.1. The topological polar surface area (TPSA) is 35.6 Å². The molecule has 1 aliphatic heterocycles. The molecule has 1 saturated heterocycles. The first-order valence-corrected chi connectivity index (χ1v) is 9.83. The van der Waals surface area contributed by atoms with E-state index in [0.29, 0.717) is 0 Å². The van der Waals surface area contributed by atoms with Crippen LogP contribution in [0.3, 0.4) is 0 Å². The summed E-state index contributed by atoms with van der Waals surface area (Å²) in [5.74, 6) is 0.0867. The maximum absolute atomic E-state index is 12.7. The van der Waals surface area contributed by atoms with Gasteiger partial charge in [0.2, 0.25) is 5.91 Å². The van der Waals surface area contributed by atoms with Crippen LogP contribution in [0, 0.1) is 13.8 Å².